The topological polar surface area (TPSA) is 89.0 Å². The molecule has 0 fully saturated rings. The third kappa shape index (κ3) is 6.07. The van der Waals surface area contributed by atoms with E-state index in [1.807, 2.05) is 56.3 Å². The number of nitrogens with one attached hydrogen (secondary N) is 2. The normalized spacial score (nSPS) is 11.7. The molecule has 0 aliphatic heterocycles. The highest BCUT2D eigenvalue weighted by Crippen LogP contribution is 2.28. The largest absolute Gasteiger partial charge is 0.493 e. The molecule has 7 heteroatoms. The van der Waals surface area contributed by atoms with E-state index in [1.165, 1.54) is 5.56 Å². The minimum absolute atomic E-state index is 0.0469. The first kappa shape index (κ1) is 23.2. The van der Waals surface area contributed by atoms with Gasteiger partial charge in [0.05, 0.1) is 18.5 Å². The Hall–Kier alpha value is -4.00. The van der Waals surface area contributed by atoms with Crippen LogP contribution in [0, 0.1) is 0 Å². The van der Waals surface area contributed by atoms with Crippen LogP contribution in [0.4, 0.5) is 10.6 Å². The number of aromatic nitrogens is 3. The van der Waals surface area contributed by atoms with E-state index in [2.05, 4.69) is 37.7 Å². The van der Waals surface area contributed by atoms with Crippen LogP contribution >= 0.6 is 0 Å². The predicted molar refractivity (Wildman–Crippen MR) is 135 cm³/mol. The number of urea groups is 1. The van der Waals surface area contributed by atoms with Crippen molar-refractivity contribution in [1.82, 2.24) is 20.3 Å². The fraction of sp³-hybridized carbons (Fsp3) is 0.259. The Kier molecular flexibility index (Phi) is 7.65. The van der Waals surface area contributed by atoms with Gasteiger partial charge in [-0.15, -0.1) is 0 Å². The first-order chi connectivity index (χ1) is 16.6. The van der Waals surface area contributed by atoms with E-state index >= 15 is 0 Å². The van der Waals surface area contributed by atoms with Gasteiger partial charge in [-0.3, -0.25) is 10.3 Å². The van der Waals surface area contributed by atoms with Crippen molar-refractivity contribution in [2.24, 2.45) is 0 Å². The van der Waals surface area contributed by atoms with Gasteiger partial charge in [-0.25, -0.2) is 14.8 Å². The second kappa shape index (κ2) is 11.2. The van der Waals surface area contributed by atoms with E-state index in [1.54, 1.807) is 18.3 Å². The molecule has 1 atom stereocenters. The highest BCUT2D eigenvalue weighted by Gasteiger charge is 2.12. The third-order valence-electron chi connectivity index (χ3n) is 5.43. The standard InChI is InChI=1S/C27H29N5O2/c1-3-34-24-15-8-7-14-21(24)23-18-28-22-16-17-25(31-26(22)30-23)32-27(33)29-19(2)10-9-13-20-11-5-4-6-12-20/h4-8,11-12,14-19H,3,9-10,13H2,1-2H3,(H2,29,30,31,32,33). The van der Waals surface area contributed by atoms with E-state index in [0.29, 0.717) is 29.3 Å². The molecule has 4 aromatic rings. The maximum absolute atomic E-state index is 12.5. The van der Waals surface area contributed by atoms with Crippen LogP contribution in [-0.4, -0.2) is 33.6 Å². The number of rotatable bonds is 9. The Balaban J connectivity index is 1.38. The molecule has 2 heterocycles. The van der Waals surface area contributed by atoms with Gasteiger partial charge in [0.2, 0.25) is 0 Å². The second-order valence-corrected chi connectivity index (χ2v) is 8.10. The number of hydrogen-bond acceptors (Lipinski definition) is 5. The van der Waals surface area contributed by atoms with Crippen molar-refractivity contribution in [1.29, 1.82) is 0 Å². The first-order valence-electron chi connectivity index (χ1n) is 11.6. The second-order valence-electron chi connectivity index (χ2n) is 8.10. The molecule has 1 unspecified atom stereocenters. The summed E-state index contributed by atoms with van der Waals surface area (Å²) in [5, 5.41) is 5.79. The highest BCUT2D eigenvalue weighted by molar-refractivity contribution is 5.89. The number of fused-ring (bicyclic) bond motifs is 1. The molecule has 0 aliphatic carbocycles. The van der Waals surface area contributed by atoms with Crippen molar-refractivity contribution >= 4 is 23.0 Å². The lowest BCUT2D eigenvalue weighted by atomic mass is 10.1. The van der Waals surface area contributed by atoms with E-state index in [-0.39, 0.29) is 12.1 Å². The number of aryl methyl sites for hydroxylation is 1. The number of anilines is 1. The Morgan fingerprint density at radius 3 is 2.62 bits per heavy atom. The molecule has 0 spiro atoms. The summed E-state index contributed by atoms with van der Waals surface area (Å²) in [4.78, 5) is 26.1. The molecule has 4 rings (SSSR count). The molecule has 2 N–H and O–H groups in total. The molecule has 0 aliphatic rings. The number of para-hydroxylation sites is 1. The summed E-state index contributed by atoms with van der Waals surface area (Å²) >= 11 is 0. The molecular formula is C27H29N5O2. The summed E-state index contributed by atoms with van der Waals surface area (Å²) in [6.07, 6.45) is 4.59. The van der Waals surface area contributed by atoms with Gasteiger partial charge in [0.1, 0.15) is 17.1 Å². The smallest absolute Gasteiger partial charge is 0.320 e. The fourth-order valence-electron chi connectivity index (χ4n) is 3.76. The molecule has 0 bridgehead atoms. The summed E-state index contributed by atoms with van der Waals surface area (Å²) in [5.41, 5.74) is 3.93. The molecule has 174 valence electrons. The zero-order chi connectivity index (χ0) is 23.8. The Morgan fingerprint density at radius 2 is 1.79 bits per heavy atom. The summed E-state index contributed by atoms with van der Waals surface area (Å²) in [7, 11) is 0. The maximum Gasteiger partial charge on any atom is 0.320 e. The molecule has 7 nitrogen and oxygen atoms in total. The third-order valence-corrected chi connectivity index (χ3v) is 5.43. The van der Waals surface area contributed by atoms with Gasteiger partial charge in [-0.2, -0.15) is 0 Å². The van der Waals surface area contributed by atoms with Crippen LogP contribution in [0.2, 0.25) is 0 Å². The summed E-state index contributed by atoms with van der Waals surface area (Å²) in [5.74, 6) is 1.17. The van der Waals surface area contributed by atoms with E-state index < -0.39 is 0 Å². The Labute approximate surface area is 199 Å². The van der Waals surface area contributed by atoms with Crippen LogP contribution in [0.1, 0.15) is 32.3 Å². The zero-order valence-corrected chi connectivity index (χ0v) is 19.5. The lowest BCUT2D eigenvalue weighted by Gasteiger charge is -2.14. The van der Waals surface area contributed by atoms with E-state index in [4.69, 9.17) is 4.74 Å². The van der Waals surface area contributed by atoms with E-state index in [0.717, 1.165) is 30.6 Å². The van der Waals surface area contributed by atoms with Gasteiger partial charge in [0.15, 0.2) is 5.65 Å². The predicted octanol–water partition coefficient (Wildman–Crippen LogP) is 5.62. The van der Waals surface area contributed by atoms with Crippen LogP contribution in [0.25, 0.3) is 22.4 Å². The molecule has 2 amide bonds. The average Bonchev–Trinajstić information content (AvgIpc) is 2.85. The summed E-state index contributed by atoms with van der Waals surface area (Å²) in [6.45, 7) is 4.51. The molecule has 0 saturated carbocycles. The Morgan fingerprint density at radius 1 is 1.00 bits per heavy atom. The molecular weight excluding hydrogens is 426 g/mol. The highest BCUT2D eigenvalue weighted by atomic mass is 16.5. The first-order valence-corrected chi connectivity index (χ1v) is 11.6. The number of ether oxygens (including phenoxy) is 1. The average molecular weight is 456 g/mol. The van der Waals surface area contributed by atoms with Crippen molar-refractivity contribution in [3.05, 3.63) is 78.5 Å². The van der Waals surface area contributed by atoms with Crippen LogP contribution in [0.5, 0.6) is 5.75 Å². The van der Waals surface area contributed by atoms with Crippen molar-refractivity contribution in [2.75, 3.05) is 11.9 Å². The molecule has 2 aromatic carbocycles. The number of carbonyl (C=O) groups is 1. The maximum atomic E-state index is 12.5. The minimum atomic E-state index is -0.287. The van der Waals surface area contributed by atoms with Crippen LogP contribution in [0.3, 0.4) is 0 Å². The lowest BCUT2D eigenvalue weighted by molar-refractivity contribution is 0.248. The van der Waals surface area contributed by atoms with Crippen molar-refractivity contribution < 1.29 is 9.53 Å². The van der Waals surface area contributed by atoms with Gasteiger partial charge in [0, 0.05) is 11.6 Å². The number of amides is 2. The minimum Gasteiger partial charge on any atom is -0.493 e. The SMILES string of the molecule is CCOc1ccccc1-c1cnc2ccc(NC(=O)NC(C)CCCc3ccccc3)nc2n1. The fourth-order valence-corrected chi connectivity index (χ4v) is 3.76. The quantitative estimate of drug-likeness (QED) is 0.342. The summed E-state index contributed by atoms with van der Waals surface area (Å²) in [6, 6.07) is 21.3. The molecule has 0 radical (unpaired) electrons. The summed E-state index contributed by atoms with van der Waals surface area (Å²) < 4.78 is 5.72. The number of carbonyl (C=O) groups excluding carboxylic acids is 1. The molecule has 2 aromatic heterocycles. The van der Waals surface area contributed by atoms with Gasteiger partial charge >= 0.3 is 6.03 Å². The molecule has 0 saturated heterocycles. The van der Waals surface area contributed by atoms with Crippen LogP contribution in [-0.2, 0) is 6.42 Å². The van der Waals surface area contributed by atoms with Crippen LogP contribution < -0.4 is 15.4 Å². The van der Waals surface area contributed by atoms with Gasteiger partial charge < -0.3 is 10.1 Å². The Bertz CT molecular complexity index is 1250. The molecule has 34 heavy (non-hydrogen) atoms. The number of hydrogen-bond donors (Lipinski definition) is 2. The number of pyridine rings is 1. The lowest BCUT2D eigenvalue weighted by Crippen LogP contribution is -2.36. The zero-order valence-electron chi connectivity index (χ0n) is 19.5. The van der Waals surface area contributed by atoms with Gasteiger partial charge in [0.25, 0.3) is 0 Å². The van der Waals surface area contributed by atoms with Crippen molar-refractivity contribution in [3.63, 3.8) is 0 Å². The number of nitrogens with zero attached hydrogens (tertiary/aromatic N) is 3. The van der Waals surface area contributed by atoms with E-state index in [9.17, 15) is 4.79 Å². The van der Waals surface area contributed by atoms with Gasteiger partial charge in [-0.1, -0.05) is 42.5 Å². The van der Waals surface area contributed by atoms with Crippen molar-refractivity contribution in [3.8, 4) is 17.0 Å². The van der Waals surface area contributed by atoms with Crippen LogP contribution in [0.15, 0.2) is 72.9 Å². The van der Waals surface area contributed by atoms with Crippen molar-refractivity contribution in [2.45, 2.75) is 39.2 Å². The monoisotopic (exact) mass is 455 g/mol. The van der Waals surface area contributed by atoms with Gasteiger partial charge in [-0.05, 0) is 62.9 Å². The number of benzene rings is 2.